The summed E-state index contributed by atoms with van der Waals surface area (Å²) in [5.41, 5.74) is 1.12. The second-order valence-corrected chi connectivity index (χ2v) is 10.0. The van der Waals surface area contributed by atoms with E-state index in [0.717, 1.165) is 0 Å². The highest BCUT2D eigenvalue weighted by Crippen LogP contribution is 2.25. The van der Waals surface area contributed by atoms with E-state index >= 15 is 0 Å². The number of carbonyl (C=O) groups is 2. The first-order valence-electron chi connectivity index (χ1n) is 11.1. The average Bonchev–Trinajstić information content (AvgIpc) is 3.11. The van der Waals surface area contributed by atoms with Crippen LogP contribution in [-0.4, -0.2) is 68.1 Å². The first-order chi connectivity index (χ1) is 15.8. The van der Waals surface area contributed by atoms with Crippen molar-refractivity contribution in [1.29, 1.82) is 0 Å². The zero-order valence-electron chi connectivity index (χ0n) is 18.8. The van der Waals surface area contributed by atoms with E-state index in [0.29, 0.717) is 43.7 Å². The number of amidine groups is 1. The number of nitrogens with one attached hydrogen (secondary N) is 1. The number of amides is 2. The molecule has 1 saturated heterocycles. The Kier molecular flexibility index (Phi) is 6.51. The molecule has 2 atom stereocenters. The molecule has 9 heteroatoms. The van der Waals surface area contributed by atoms with Crippen LogP contribution in [0.1, 0.15) is 36.2 Å². The summed E-state index contributed by atoms with van der Waals surface area (Å²) in [6.07, 6.45) is 0.716. The summed E-state index contributed by atoms with van der Waals surface area (Å²) in [6.45, 7) is 5.64. The Labute approximate surface area is 194 Å². The molecule has 0 aromatic heterocycles. The topological polar surface area (TPSA) is 99.1 Å². The van der Waals surface area contributed by atoms with Crippen LogP contribution < -0.4 is 4.72 Å². The molecule has 2 heterocycles. The van der Waals surface area contributed by atoms with Gasteiger partial charge in [0.2, 0.25) is 5.91 Å². The molecule has 2 aromatic carbocycles. The van der Waals surface area contributed by atoms with Crippen LogP contribution in [0.15, 0.2) is 64.5 Å². The fraction of sp³-hybridized carbons (Fsp3) is 0.375. The molecule has 174 valence electrons. The van der Waals surface area contributed by atoms with Crippen LogP contribution >= 0.6 is 0 Å². The van der Waals surface area contributed by atoms with Crippen molar-refractivity contribution in [2.75, 3.05) is 26.2 Å². The number of benzene rings is 2. The molecular weight excluding hydrogens is 440 g/mol. The Morgan fingerprint density at radius 1 is 0.970 bits per heavy atom. The monoisotopic (exact) mass is 468 g/mol. The summed E-state index contributed by atoms with van der Waals surface area (Å²) >= 11 is 0. The second-order valence-electron chi connectivity index (χ2n) is 8.39. The van der Waals surface area contributed by atoms with Crippen LogP contribution in [0.5, 0.6) is 0 Å². The Morgan fingerprint density at radius 2 is 1.58 bits per heavy atom. The maximum atomic E-state index is 13.4. The van der Waals surface area contributed by atoms with Crippen LogP contribution in [0.2, 0.25) is 0 Å². The van der Waals surface area contributed by atoms with Crippen molar-refractivity contribution in [3.05, 3.63) is 65.7 Å². The maximum absolute atomic E-state index is 13.4. The van der Waals surface area contributed by atoms with Gasteiger partial charge < -0.3 is 9.80 Å². The molecule has 4 rings (SSSR count). The van der Waals surface area contributed by atoms with Crippen LogP contribution in [0.4, 0.5) is 0 Å². The molecule has 0 radical (unpaired) electrons. The zero-order valence-corrected chi connectivity index (χ0v) is 19.6. The van der Waals surface area contributed by atoms with Crippen molar-refractivity contribution in [2.45, 2.75) is 31.2 Å². The van der Waals surface area contributed by atoms with Crippen molar-refractivity contribution in [3.8, 4) is 0 Å². The van der Waals surface area contributed by atoms with E-state index in [1.807, 2.05) is 32.0 Å². The van der Waals surface area contributed by atoms with E-state index in [2.05, 4.69) is 9.71 Å². The lowest BCUT2D eigenvalue weighted by Gasteiger charge is -2.36. The largest absolute Gasteiger partial charge is 0.337 e. The lowest BCUT2D eigenvalue weighted by atomic mass is 9.97. The van der Waals surface area contributed by atoms with Crippen molar-refractivity contribution >= 4 is 27.7 Å². The molecule has 33 heavy (non-hydrogen) atoms. The minimum atomic E-state index is -3.68. The number of hydrogen-bond donors (Lipinski definition) is 1. The van der Waals surface area contributed by atoms with Crippen molar-refractivity contribution in [2.24, 2.45) is 10.9 Å². The van der Waals surface area contributed by atoms with E-state index in [4.69, 9.17) is 0 Å². The minimum absolute atomic E-state index is 0.0432. The number of nitrogens with zero attached hydrogens (tertiary/aromatic N) is 3. The Balaban J connectivity index is 1.51. The van der Waals surface area contributed by atoms with Crippen molar-refractivity contribution in [1.82, 2.24) is 14.5 Å². The Morgan fingerprint density at radius 3 is 2.24 bits per heavy atom. The van der Waals surface area contributed by atoms with Gasteiger partial charge in [0.25, 0.3) is 15.9 Å². The second kappa shape index (κ2) is 9.35. The predicted octanol–water partition coefficient (Wildman–Crippen LogP) is 2.12. The van der Waals surface area contributed by atoms with E-state index in [1.54, 1.807) is 40.1 Å². The number of hydrogen-bond acceptors (Lipinski definition) is 5. The van der Waals surface area contributed by atoms with Gasteiger partial charge in [-0.05, 0) is 30.2 Å². The molecule has 0 spiro atoms. The van der Waals surface area contributed by atoms with E-state index in [9.17, 15) is 18.0 Å². The lowest BCUT2D eigenvalue weighted by molar-refractivity contribution is -0.135. The van der Waals surface area contributed by atoms with Crippen molar-refractivity contribution in [3.63, 3.8) is 0 Å². The van der Waals surface area contributed by atoms with Crippen LogP contribution in [0, 0.1) is 5.92 Å². The van der Waals surface area contributed by atoms with Crippen LogP contribution in [0.3, 0.4) is 0 Å². The third kappa shape index (κ3) is 4.64. The molecule has 2 aromatic rings. The van der Waals surface area contributed by atoms with E-state index in [-0.39, 0.29) is 28.5 Å². The third-order valence-corrected chi connectivity index (χ3v) is 7.66. The average molecular weight is 469 g/mol. The van der Waals surface area contributed by atoms with E-state index < -0.39 is 16.1 Å². The summed E-state index contributed by atoms with van der Waals surface area (Å²) in [4.78, 5) is 34.4. The summed E-state index contributed by atoms with van der Waals surface area (Å²) in [5, 5.41) is 0. The first kappa shape index (κ1) is 23.0. The Hall–Kier alpha value is -3.20. The lowest BCUT2D eigenvalue weighted by Crippen LogP contribution is -2.53. The minimum Gasteiger partial charge on any atom is -0.337 e. The van der Waals surface area contributed by atoms with Crippen LogP contribution in [-0.2, 0) is 14.8 Å². The van der Waals surface area contributed by atoms with Crippen LogP contribution in [0.25, 0.3) is 0 Å². The van der Waals surface area contributed by atoms with Gasteiger partial charge in [-0.1, -0.05) is 50.6 Å². The highest BCUT2D eigenvalue weighted by atomic mass is 32.2. The van der Waals surface area contributed by atoms with Gasteiger partial charge in [0.15, 0.2) is 0 Å². The molecule has 1 fully saturated rings. The molecule has 2 aliphatic heterocycles. The zero-order chi connectivity index (χ0) is 23.6. The highest BCUT2D eigenvalue weighted by molar-refractivity contribution is 7.90. The van der Waals surface area contributed by atoms with Gasteiger partial charge in [0.1, 0.15) is 11.9 Å². The van der Waals surface area contributed by atoms with Crippen molar-refractivity contribution < 1.29 is 18.0 Å². The molecule has 0 unspecified atom stereocenters. The van der Waals surface area contributed by atoms with Gasteiger partial charge in [-0.25, -0.2) is 8.42 Å². The smallest absolute Gasteiger partial charge is 0.263 e. The third-order valence-electron chi connectivity index (χ3n) is 6.27. The van der Waals surface area contributed by atoms with Gasteiger partial charge in [0.05, 0.1) is 4.90 Å². The number of sulfonamides is 1. The van der Waals surface area contributed by atoms with E-state index in [1.165, 1.54) is 6.07 Å². The quantitative estimate of drug-likeness (QED) is 0.727. The molecule has 2 amide bonds. The Bertz CT molecular complexity index is 1170. The SMILES string of the molecule is CC[C@H](C)[C@H](N=C1NS(=O)(=O)c2ccccc21)C(=O)N1CCN(C(=O)c2ccccc2)CC1. The molecule has 8 nitrogen and oxygen atoms in total. The first-order valence-corrected chi connectivity index (χ1v) is 12.6. The summed E-state index contributed by atoms with van der Waals surface area (Å²) in [5.74, 6) is -0.0565. The number of fused-ring (bicyclic) bond motifs is 1. The molecule has 2 aliphatic rings. The van der Waals surface area contributed by atoms with Gasteiger partial charge >= 0.3 is 0 Å². The molecular formula is C24H28N4O4S. The summed E-state index contributed by atoms with van der Waals surface area (Å²) in [6, 6.07) is 15.0. The number of piperazine rings is 1. The normalized spacial score (nSPS) is 20.1. The number of rotatable bonds is 5. The molecule has 0 aliphatic carbocycles. The maximum Gasteiger partial charge on any atom is 0.263 e. The molecule has 1 N–H and O–H groups in total. The molecule has 0 saturated carbocycles. The standard InChI is InChI=1S/C24H28N4O4S/c1-3-17(2)21(25-22-19-11-7-8-12-20(19)33(31,32)26-22)24(30)28-15-13-27(14-16-28)23(29)18-9-5-4-6-10-18/h4-12,17,21H,3,13-16H2,1-2H3,(H,25,26)/t17-,21-/m0/s1. The van der Waals surface area contributed by atoms with Gasteiger partial charge in [-0.2, -0.15) is 0 Å². The predicted molar refractivity (Wildman–Crippen MR) is 125 cm³/mol. The number of aliphatic imine (C=N–C) groups is 1. The molecule has 0 bridgehead atoms. The van der Waals surface area contributed by atoms with Gasteiger partial charge in [-0.15, -0.1) is 0 Å². The summed E-state index contributed by atoms with van der Waals surface area (Å²) < 4.78 is 27.4. The fourth-order valence-electron chi connectivity index (χ4n) is 4.10. The van der Waals surface area contributed by atoms with Gasteiger partial charge in [-0.3, -0.25) is 19.3 Å². The summed E-state index contributed by atoms with van der Waals surface area (Å²) in [7, 11) is -3.68. The number of carbonyl (C=O) groups excluding carboxylic acids is 2. The highest BCUT2D eigenvalue weighted by Gasteiger charge is 2.35. The van der Waals surface area contributed by atoms with Gasteiger partial charge in [0, 0.05) is 37.3 Å². The fourth-order valence-corrected chi connectivity index (χ4v) is 5.34.